The minimum Gasteiger partial charge on any atom is -0.482 e. The Bertz CT molecular complexity index is 621. The lowest BCUT2D eigenvalue weighted by atomic mass is 9.88. The van der Waals surface area contributed by atoms with Crippen molar-refractivity contribution in [1.29, 1.82) is 0 Å². The van der Waals surface area contributed by atoms with E-state index in [9.17, 15) is 9.59 Å². The maximum absolute atomic E-state index is 12.4. The highest BCUT2D eigenvalue weighted by molar-refractivity contribution is 9.10. The van der Waals surface area contributed by atoms with Gasteiger partial charge in [-0.1, -0.05) is 29.8 Å². The summed E-state index contributed by atoms with van der Waals surface area (Å²) in [5.74, 6) is 0.280. The van der Waals surface area contributed by atoms with Gasteiger partial charge in [0.2, 0.25) is 5.91 Å². The number of benzene rings is 1. The predicted molar refractivity (Wildman–Crippen MR) is 92.4 cm³/mol. The van der Waals surface area contributed by atoms with E-state index >= 15 is 0 Å². The standard InChI is InChI=1S/C16H22BrN3O3/c1-10(2)16(3,9-18)19-14(21)7-20-12-5-4-11(17)6-13(12)23-8-15(20)22/h4-6,10H,7-9,18H2,1-3H3,(H,19,21). The summed E-state index contributed by atoms with van der Waals surface area (Å²) < 4.78 is 6.27. The number of nitrogens with one attached hydrogen (secondary N) is 1. The third-order valence-corrected chi connectivity index (χ3v) is 4.78. The van der Waals surface area contributed by atoms with E-state index in [-0.39, 0.29) is 30.9 Å². The molecule has 23 heavy (non-hydrogen) atoms. The molecule has 1 heterocycles. The first-order valence-electron chi connectivity index (χ1n) is 7.50. The van der Waals surface area contributed by atoms with Crippen LogP contribution in [0.1, 0.15) is 20.8 Å². The molecule has 1 aliphatic rings. The van der Waals surface area contributed by atoms with Crippen molar-refractivity contribution in [3.63, 3.8) is 0 Å². The van der Waals surface area contributed by atoms with Crippen LogP contribution in [0.25, 0.3) is 0 Å². The van der Waals surface area contributed by atoms with Crippen molar-refractivity contribution in [2.45, 2.75) is 26.3 Å². The molecule has 126 valence electrons. The van der Waals surface area contributed by atoms with E-state index in [1.54, 1.807) is 12.1 Å². The van der Waals surface area contributed by atoms with Crippen LogP contribution in [-0.4, -0.2) is 37.0 Å². The van der Waals surface area contributed by atoms with Crippen LogP contribution in [-0.2, 0) is 9.59 Å². The van der Waals surface area contributed by atoms with Crippen molar-refractivity contribution in [2.75, 3.05) is 24.6 Å². The topological polar surface area (TPSA) is 84.7 Å². The van der Waals surface area contributed by atoms with Gasteiger partial charge in [-0.25, -0.2) is 0 Å². The Balaban J connectivity index is 2.17. The predicted octanol–water partition coefficient (Wildman–Crippen LogP) is 1.66. The second-order valence-electron chi connectivity index (χ2n) is 6.21. The van der Waals surface area contributed by atoms with Gasteiger partial charge in [-0.3, -0.25) is 14.5 Å². The molecule has 1 aliphatic heterocycles. The fourth-order valence-electron chi connectivity index (χ4n) is 2.28. The number of rotatable bonds is 5. The minimum absolute atomic E-state index is 0.0564. The van der Waals surface area contributed by atoms with Gasteiger partial charge in [0.15, 0.2) is 6.61 Å². The monoisotopic (exact) mass is 383 g/mol. The van der Waals surface area contributed by atoms with Gasteiger partial charge in [0.05, 0.1) is 11.2 Å². The SMILES string of the molecule is CC(C)C(C)(CN)NC(=O)CN1C(=O)COc2cc(Br)ccc21. The molecule has 1 aromatic carbocycles. The normalized spacial score (nSPS) is 16.6. The molecular weight excluding hydrogens is 362 g/mol. The third-order valence-electron chi connectivity index (χ3n) is 4.29. The molecular formula is C16H22BrN3O3. The lowest BCUT2D eigenvalue weighted by Crippen LogP contribution is -2.57. The number of anilines is 1. The number of ether oxygens (including phenoxy) is 1. The maximum atomic E-state index is 12.4. The van der Waals surface area contributed by atoms with E-state index in [0.717, 1.165) is 4.47 Å². The van der Waals surface area contributed by atoms with E-state index in [1.165, 1.54) is 4.90 Å². The van der Waals surface area contributed by atoms with E-state index in [0.29, 0.717) is 18.0 Å². The minimum atomic E-state index is -0.505. The average Bonchev–Trinajstić information content (AvgIpc) is 2.49. The van der Waals surface area contributed by atoms with Gasteiger partial charge in [0.1, 0.15) is 12.3 Å². The largest absolute Gasteiger partial charge is 0.482 e. The number of amides is 2. The summed E-state index contributed by atoms with van der Waals surface area (Å²) in [7, 11) is 0. The van der Waals surface area contributed by atoms with Gasteiger partial charge in [0.25, 0.3) is 5.91 Å². The first-order chi connectivity index (χ1) is 10.8. The molecule has 7 heteroatoms. The van der Waals surface area contributed by atoms with Crippen molar-refractivity contribution < 1.29 is 14.3 Å². The van der Waals surface area contributed by atoms with Crippen molar-refractivity contribution in [2.24, 2.45) is 11.7 Å². The van der Waals surface area contributed by atoms with Gasteiger partial charge >= 0.3 is 0 Å². The molecule has 0 saturated heterocycles. The second kappa shape index (κ2) is 6.88. The highest BCUT2D eigenvalue weighted by Gasteiger charge is 2.32. The molecule has 1 aromatic rings. The summed E-state index contributed by atoms with van der Waals surface area (Å²) in [5.41, 5.74) is 5.88. The van der Waals surface area contributed by atoms with Crippen molar-refractivity contribution in [1.82, 2.24) is 5.32 Å². The summed E-state index contributed by atoms with van der Waals surface area (Å²) in [6.45, 7) is 6.10. The van der Waals surface area contributed by atoms with Crippen LogP contribution in [0.5, 0.6) is 5.75 Å². The number of nitrogens with two attached hydrogens (primary N) is 1. The van der Waals surface area contributed by atoms with Gasteiger partial charge in [0, 0.05) is 11.0 Å². The Morgan fingerprint density at radius 1 is 1.52 bits per heavy atom. The van der Waals surface area contributed by atoms with E-state index in [4.69, 9.17) is 10.5 Å². The van der Waals surface area contributed by atoms with Gasteiger partial charge in [-0.05, 0) is 31.0 Å². The Morgan fingerprint density at radius 3 is 2.83 bits per heavy atom. The number of carbonyl (C=O) groups is 2. The zero-order valence-electron chi connectivity index (χ0n) is 13.6. The molecule has 0 aromatic heterocycles. The zero-order chi connectivity index (χ0) is 17.2. The van der Waals surface area contributed by atoms with E-state index < -0.39 is 5.54 Å². The summed E-state index contributed by atoms with van der Waals surface area (Å²) in [5, 5.41) is 2.94. The first kappa shape index (κ1) is 17.7. The number of fused-ring (bicyclic) bond motifs is 1. The summed E-state index contributed by atoms with van der Waals surface area (Å²) in [6.07, 6.45) is 0. The number of hydrogen-bond donors (Lipinski definition) is 2. The lowest BCUT2D eigenvalue weighted by Gasteiger charge is -2.35. The molecule has 0 spiro atoms. The van der Waals surface area contributed by atoms with Crippen LogP contribution in [0.15, 0.2) is 22.7 Å². The van der Waals surface area contributed by atoms with Crippen LogP contribution in [0, 0.1) is 5.92 Å². The molecule has 0 saturated carbocycles. The molecule has 0 bridgehead atoms. The number of nitrogens with zero attached hydrogens (tertiary/aromatic N) is 1. The molecule has 0 aliphatic carbocycles. The quantitative estimate of drug-likeness (QED) is 0.809. The maximum Gasteiger partial charge on any atom is 0.265 e. The van der Waals surface area contributed by atoms with Crippen molar-refractivity contribution in [3.05, 3.63) is 22.7 Å². The third kappa shape index (κ3) is 3.84. The fraction of sp³-hybridized carbons (Fsp3) is 0.500. The van der Waals surface area contributed by atoms with Crippen LogP contribution in [0.2, 0.25) is 0 Å². The van der Waals surface area contributed by atoms with Crippen LogP contribution in [0.3, 0.4) is 0 Å². The van der Waals surface area contributed by atoms with Crippen molar-refractivity contribution in [3.8, 4) is 5.75 Å². The molecule has 2 rings (SSSR count). The van der Waals surface area contributed by atoms with Crippen LogP contribution in [0.4, 0.5) is 5.69 Å². The van der Waals surface area contributed by atoms with E-state index in [1.807, 2.05) is 26.8 Å². The Morgan fingerprint density at radius 2 is 2.22 bits per heavy atom. The molecule has 3 N–H and O–H groups in total. The molecule has 2 amide bonds. The first-order valence-corrected chi connectivity index (χ1v) is 8.30. The fourth-order valence-corrected chi connectivity index (χ4v) is 2.62. The van der Waals surface area contributed by atoms with Crippen molar-refractivity contribution >= 4 is 33.4 Å². The Hall–Kier alpha value is -1.60. The second-order valence-corrected chi connectivity index (χ2v) is 7.12. The number of halogens is 1. The number of hydrogen-bond acceptors (Lipinski definition) is 4. The van der Waals surface area contributed by atoms with Gasteiger partial charge in [-0.15, -0.1) is 0 Å². The molecule has 6 nitrogen and oxygen atoms in total. The zero-order valence-corrected chi connectivity index (χ0v) is 15.1. The van der Waals surface area contributed by atoms with Crippen LogP contribution < -0.4 is 20.7 Å². The van der Waals surface area contributed by atoms with E-state index in [2.05, 4.69) is 21.2 Å². The number of carbonyl (C=O) groups excluding carboxylic acids is 2. The summed E-state index contributed by atoms with van der Waals surface area (Å²) in [4.78, 5) is 26.0. The highest BCUT2D eigenvalue weighted by atomic mass is 79.9. The smallest absolute Gasteiger partial charge is 0.265 e. The molecule has 0 radical (unpaired) electrons. The summed E-state index contributed by atoms with van der Waals surface area (Å²) >= 11 is 3.36. The average molecular weight is 384 g/mol. The Labute approximate surface area is 144 Å². The van der Waals surface area contributed by atoms with Crippen LogP contribution >= 0.6 is 15.9 Å². The lowest BCUT2D eigenvalue weighted by molar-refractivity contribution is -0.126. The highest BCUT2D eigenvalue weighted by Crippen LogP contribution is 2.34. The van der Waals surface area contributed by atoms with Gasteiger partial charge in [-0.2, -0.15) is 0 Å². The summed E-state index contributed by atoms with van der Waals surface area (Å²) in [6, 6.07) is 5.35. The Kier molecular flexibility index (Phi) is 5.31. The molecule has 1 atom stereocenters. The molecule has 1 unspecified atom stereocenters. The van der Waals surface area contributed by atoms with Gasteiger partial charge < -0.3 is 15.8 Å². The molecule has 0 fully saturated rings.